The topological polar surface area (TPSA) is 84.7 Å². The number of para-hydroxylation sites is 1. The summed E-state index contributed by atoms with van der Waals surface area (Å²) >= 11 is 0. The van der Waals surface area contributed by atoms with Gasteiger partial charge in [0.1, 0.15) is 11.4 Å². The fourth-order valence-electron chi connectivity index (χ4n) is 3.52. The second-order valence-electron chi connectivity index (χ2n) is 6.98. The summed E-state index contributed by atoms with van der Waals surface area (Å²) in [5, 5.41) is 13.9. The molecule has 0 spiro atoms. The van der Waals surface area contributed by atoms with Crippen LogP contribution in [0.4, 0.5) is 0 Å². The van der Waals surface area contributed by atoms with Crippen molar-refractivity contribution in [1.82, 2.24) is 14.7 Å². The molecule has 1 fully saturated rings. The highest BCUT2D eigenvalue weighted by Crippen LogP contribution is 2.28. The van der Waals surface area contributed by atoms with Gasteiger partial charge >= 0.3 is 5.97 Å². The van der Waals surface area contributed by atoms with E-state index >= 15 is 0 Å². The van der Waals surface area contributed by atoms with Gasteiger partial charge in [-0.05, 0) is 42.8 Å². The summed E-state index contributed by atoms with van der Waals surface area (Å²) in [6.45, 7) is 0.640. The Morgan fingerprint density at radius 2 is 1.83 bits per heavy atom. The first-order valence-electron chi connectivity index (χ1n) is 9.38. The van der Waals surface area contributed by atoms with Crippen LogP contribution in [0, 0.1) is 5.92 Å². The lowest BCUT2D eigenvalue weighted by Crippen LogP contribution is -2.30. The Kier molecular flexibility index (Phi) is 5.03. The van der Waals surface area contributed by atoms with Crippen molar-refractivity contribution in [1.29, 1.82) is 0 Å². The number of carboxylic acids is 1. The molecular weight excluding hydrogens is 370 g/mol. The van der Waals surface area contributed by atoms with Gasteiger partial charge in [0.05, 0.1) is 24.3 Å². The highest BCUT2D eigenvalue weighted by atomic mass is 16.5. The fourth-order valence-corrected chi connectivity index (χ4v) is 3.52. The third kappa shape index (κ3) is 3.71. The fraction of sp³-hybridized carbons (Fsp3) is 0.227. The number of hydrogen-bond donors (Lipinski definition) is 1. The molecule has 1 amide bonds. The largest absolute Gasteiger partial charge is 0.497 e. The van der Waals surface area contributed by atoms with E-state index in [1.165, 1.54) is 0 Å². The molecule has 4 rings (SSSR count). The second kappa shape index (κ2) is 7.79. The van der Waals surface area contributed by atoms with Crippen molar-refractivity contribution in [2.24, 2.45) is 5.92 Å². The first-order chi connectivity index (χ1) is 14.1. The molecule has 1 aliphatic heterocycles. The van der Waals surface area contributed by atoms with Gasteiger partial charge in [0.25, 0.3) is 5.91 Å². The number of benzene rings is 2. The van der Waals surface area contributed by atoms with Crippen LogP contribution in [-0.4, -0.2) is 51.9 Å². The van der Waals surface area contributed by atoms with E-state index in [4.69, 9.17) is 4.74 Å². The summed E-state index contributed by atoms with van der Waals surface area (Å²) in [5.41, 5.74) is 2.63. The van der Waals surface area contributed by atoms with Crippen molar-refractivity contribution in [3.05, 3.63) is 66.4 Å². The van der Waals surface area contributed by atoms with Crippen LogP contribution < -0.4 is 4.74 Å². The van der Waals surface area contributed by atoms with E-state index in [9.17, 15) is 14.7 Å². The minimum absolute atomic E-state index is 0.207. The van der Waals surface area contributed by atoms with Crippen molar-refractivity contribution in [2.75, 3.05) is 20.2 Å². The molecule has 1 aromatic heterocycles. The molecule has 0 unspecified atom stereocenters. The molecule has 0 bridgehead atoms. The maximum absolute atomic E-state index is 13.2. The van der Waals surface area contributed by atoms with E-state index in [1.807, 2.05) is 54.6 Å². The summed E-state index contributed by atoms with van der Waals surface area (Å²) in [6, 6.07) is 16.9. The van der Waals surface area contributed by atoms with Crippen molar-refractivity contribution in [2.45, 2.75) is 6.42 Å². The average Bonchev–Trinajstić information content (AvgIpc) is 3.42. The predicted octanol–water partition coefficient (Wildman–Crippen LogP) is 3.09. The van der Waals surface area contributed by atoms with Crippen molar-refractivity contribution in [3.63, 3.8) is 0 Å². The van der Waals surface area contributed by atoms with E-state index < -0.39 is 11.9 Å². The smallest absolute Gasteiger partial charge is 0.308 e. The van der Waals surface area contributed by atoms with E-state index in [2.05, 4.69) is 5.10 Å². The van der Waals surface area contributed by atoms with Crippen LogP contribution >= 0.6 is 0 Å². The number of likely N-dealkylation sites (tertiary alicyclic amines) is 1. The average molecular weight is 391 g/mol. The van der Waals surface area contributed by atoms with Crippen LogP contribution in [0.5, 0.6) is 5.75 Å². The quantitative estimate of drug-likeness (QED) is 0.722. The zero-order valence-corrected chi connectivity index (χ0v) is 16.0. The molecule has 7 nitrogen and oxygen atoms in total. The summed E-state index contributed by atoms with van der Waals surface area (Å²) in [4.78, 5) is 26.1. The highest BCUT2D eigenvalue weighted by Gasteiger charge is 2.33. The Hall–Kier alpha value is -3.61. The maximum Gasteiger partial charge on any atom is 0.308 e. The molecule has 0 aliphatic carbocycles. The van der Waals surface area contributed by atoms with Crippen LogP contribution in [0.2, 0.25) is 0 Å². The molecule has 148 valence electrons. The van der Waals surface area contributed by atoms with Crippen molar-refractivity contribution < 1.29 is 19.4 Å². The number of methoxy groups -OCH3 is 1. The minimum atomic E-state index is -0.865. The molecule has 1 atom stereocenters. The van der Waals surface area contributed by atoms with Gasteiger partial charge in [0, 0.05) is 24.8 Å². The molecule has 0 radical (unpaired) electrons. The number of carboxylic acid groups (broad SMARTS) is 1. The predicted molar refractivity (Wildman–Crippen MR) is 107 cm³/mol. The lowest BCUT2D eigenvalue weighted by atomic mass is 10.1. The highest BCUT2D eigenvalue weighted by molar-refractivity contribution is 6.00. The Bertz CT molecular complexity index is 1030. The van der Waals surface area contributed by atoms with Crippen LogP contribution in [0.3, 0.4) is 0 Å². The summed E-state index contributed by atoms with van der Waals surface area (Å²) < 4.78 is 6.89. The molecule has 3 aromatic rings. The molecule has 1 N–H and O–H groups in total. The van der Waals surface area contributed by atoms with Crippen LogP contribution in [0.25, 0.3) is 16.9 Å². The van der Waals surface area contributed by atoms with Gasteiger partial charge in [-0.1, -0.05) is 18.2 Å². The number of carbonyl (C=O) groups excluding carboxylic acids is 1. The number of ether oxygens (including phenoxy) is 1. The normalized spacial score (nSPS) is 16.0. The van der Waals surface area contributed by atoms with Crippen LogP contribution in [-0.2, 0) is 4.79 Å². The lowest BCUT2D eigenvalue weighted by Gasteiger charge is -2.15. The Morgan fingerprint density at radius 1 is 1.10 bits per heavy atom. The number of rotatable bonds is 5. The van der Waals surface area contributed by atoms with Gasteiger partial charge in [-0.2, -0.15) is 5.10 Å². The summed E-state index contributed by atoms with van der Waals surface area (Å²) in [5.74, 6) is -0.877. The van der Waals surface area contributed by atoms with Crippen LogP contribution in [0.1, 0.15) is 16.8 Å². The van der Waals surface area contributed by atoms with E-state index in [-0.39, 0.29) is 12.5 Å². The number of nitrogens with zero attached hydrogens (tertiary/aromatic N) is 3. The first kappa shape index (κ1) is 18.7. The van der Waals surface area contributed by atoms with E-state index in [0.29, 0.717) is 30.0 Å². The zero-order valence-electron chi connectivity index (χ0n) is 16.0. The minimum Gasteiger partial charge on any atom is -0.497 e. The number of aromatic nitrogens is 2. The number of aliphatic carboxylic acids is 1. The molecule has 29 heavy (non-hydrogen) atoms. The first-order valence-corrected chi connectivity index (χ1v) is 9.38. The zero-order chi connectivity index (χ0) is 20.4. The van der Waals surface area contributed by atoms with Gasteiger partial charge in [-0.3, -0.25) is 9.59 Å². The summed E-state index contributed by atoms with van der Waals surface area (Å²) in [7, 11) is 1.60. The van der Waals surface area contributed by atoms with Gasteiger partial charge in [0.15, 0.2) is 0 Å². The molecule has 1 saturated heterocycles. The monoisotopic (exact) mass is 391 g/mol. The van der Waals surface area contributed by atoms with Gasteiger partial charge in [0.2, 0.25) is 0 Å². The van der Waals surface area contributed by atoms with E-state index in [1.54, 1.807) is 22.9 Å². The Morgan fingerprint density at radius 3 is 2.45 bits per heavy atom. The SMILES string of the molecule is COc1ccc(-c2nn(-c3ccccc3)cc2C(=O)N2CC[C@H](C(=O)O)C2)cc1. The number of carbonyl (C=O) groups is 2. The van der Waals surface area contributed by atoms with Crippen molar-refractivity contribution in [3.8, 4) is 22.7 Å². The third-order valence-electron chi connectivity index (χ3n) is 5.15. The van der Waals surface area contributed by atoms with Gasteiger partial charge in [-0.25, -0.2) is 4.68 Å². The number of amides is 1. The number of hydrogen-bond acceptors (Lipinski definition) is 4. The van der Waals surface area contributed by atoms with Crippen molar-refractivity contribution >= 4 is 11.9 Å². The Labute approximate surface area is 168 Å². The molecule has 7 heteroatoms. The molecule has 2 aromatic carbocycles. The van der Waals surface area contributed by atoms with Crippen LogP contribution in [0.15, 0.2) is 60.8 Å². The molecule has 1 aliphatic rings. The molecular formula is C22H21N3O4. The second-order valence-corrected chi connectivity index (χ2v) is 6.98. The lowest BCUT2D eigenvalue weighted by molar-refractivity contribution is -0.141. The maximum atomic E-state index is 13.2. The molecule has 2 heterocycles. The summed E-state index contributed by atoms with van der Waals surface area (Å²) in [6.07, 6.45) is 2.18. The Balaban J connectivity index is 1.73. The molecule has 0 saturated carbocycles. The van der Waals surface area contributed by atoms with Gasteiger partial charge in [-0.15, -0.1) is 0 Å². The third-order valence-corrected chi connectivity index (χ3v) is 5.15. The van der Waals surface area contributed by atoms with E-state index in [0.717, 1.165) is 11.3 Å². The standard InChI is InChI=1S/C22H21N3O4/c1-29-18-9-7-15(8-10-18)20-19(14-25(23-20)17-5-3-2-4-6-17)21(26)24-12-11-16(13-24)22(27)28/h2-10,14,16H,11-13H2,1H3,(H,27,28)/t16-/m0/s1. The van der Waals surface area contributed by atoms with Gasteiger partial charge < -0.3 is 14.7 Å².